The molecule has 0 saturated carbocycles. The van der Waals surface area contributed by atoms with Crippen LogP contribution in [0, 0.1) is 0 Å². The fraction of sp³-hybridized carbons (Fsp3) is 0.400. The summed E-state index contributed by atoms with van der Waals surface area (Å²) in [5.74, 6) is -1.19. The molecule has 2 aromatic heterocycles. The van der Waals surface area contributed by atoms with Crippen LogP contribution in [0.3, 0.4) is 0 Å². The third kappa shape index (κ3) is 2.30. The number of fused-ring (bicyclic) bond motifs is 1. The van der Waals surface area contributed by atoms with Gasteiger partial charge in [0.1, 0.15) is 11.5 Å². The zero-order valence-electron chi connectivity index (χ0n) is 10.6. The first-order chi connectivity index (χ1) is 9.86. The second-order valence-corrected chi connectivity index (χ2v) is 4.52. The molecular formula is C10H10F3N7O. The van der Waals surface area contributed by atoms with Gasteiger partial charge < -0.3 is 15.2 Å². The summed E-state index contributed by atoms with van der Waals surface area (Å²) in [6, 6.07) is 1.36. The van der Waals surface area contributed by atoms with Crippen molar-refractivity contribution >= 4 is 11.7 Å². The number of amides is 1. The Morgan fingerprint density at radius 2 is 2.10 bits per heavy atom. The number of hydrogen-bond donors (Lipinski definition) is 2. The van der Waals surface area contributed by atoms with Crippen molar-refractivity contribution in [1.29, 1.82) is 0 Å². The number of aromatic amines is 1. The highest BCUT2D eigenvalue weighted by molar-refractivity contribution is 5.92. The number of alkyl halides is 3. The van der Waals surface area contributed by atoms with Gasteiger partial charge in [-0.2, -0.15) is 18.3 Å². The lowest BCUT2D eigenvalue weighted by Crippen LogP contribution is -2.39. The van der Waals surface area contributed by atoms with Crippen LogP contribution >= 0.6 is 0 Å². The van der Waals surface area contributed by atoms with Crippen molar-refractivity contribution < 1.29 is 18.0 Å². The van der Waals surface area contributed by atoms with E-state index in [2.05, 4.69) is 20.4 Å². The summed E-state index contributed by atoms with van der Waals surface area (Å²) in [6.45, 7) is 0.0409. The second kappa shape index (κ2) is 4.46. The lowest BCUT2D eigenvalue weighted by molar-refractivity contribution is -0.147. The number of aromatic nitrogens is 5. The highest BCUT2D eigenvalue weighted by Gasteiger charge is 2.40. The fourth-order valence-electron chi connectivity index (χ4n) is 2.16. The number of nitrogen functional groups attached to an aromatic ring is 1. The molecule has 2 aromatic rings. The SMILES string of the molecule is Nc1cc(C(=O)N2CCn3c(nnc3C(F)(F)F)C2)[nH]n1. The van der Waals surface area contributed by atoms with E-state index < -0.39 is 17.9 Å². The van der Waals surface area contributed by atoms with Crippen molar-refractivity contribution in [3.63, 3.8) is 0 Å². The quantitative estimate of drug-likeness (QED) is 0.786. The molecule has 0 atom stereocenters. The molecule has 0 radical (unpaired) electrons. The van der Waals surface area contributed by atoms with Crippen molar-refractivity contribution in [3.05, 3.63) is 23.4 Å². The van der Waals surface area contributed by atoms with Crippen LogP contribution in [0.5, 0.6) is 0 Å². The maximum Gasteiger partial charge on any atom is 0.451 e. The Kier molecular flexibility index (Phi) is 2.85. The third-order valence-electron chi connectivity index (χ3n) is 3.12. The van der Waals surface area contributed by atoms with Crippen LogP contribution in [0.4, 0.5) is 19.0 Å². The molecule has 0 saturated heterocycles. The van der Waals surface area contributed by atoms with Gasteiger partial charge in [0.05, 0.1) is 6.54 Å². The number of halogens is 3. The number of anilines is 1. The van der Waals surface area contributed by atoms with E-state index in [4.69, 9.17) is 5.73 Å². The van der Waals surface area contributed by atoms with E-state index in [1.807, 2.05) is 0 Å². The molecule has 0 aliphatic carbocycles. The normalized spacial score (nSPS) is 15.1. The molecule has 1 amide bonds. The molecular weight excluding hydrogens is 291 g/mol. The van der Waals surface area contributed by atoms with Gasteiger partial charge >= 0.3 is 6.18 Å². The molecule has 3 N–H and O–H groups in total. The van der Waals surface area contributed by atoms with Crippen LogP contribution in [-0.2, 0) is 19.3 Å². The minimum Gasteiger partial charge on any atom is -0.382 e. The lowest BCUT2D eigenvalue weighted by atomic mass is 10.3. The molecule has 0 bridgehead atoms. The Hall–Kier alpha value is -2.59. The molecule has 3 rings (SSSR count). The molecule has 1 aliphatic rings. The van der Waals surface area contributed by atoms with E-state index in [9.17, 15) is 18.0 Å². The average Bonchev–Trinajstić information content (AvgIpc) is 3.02. The molecule has 0 fully saturated rings. The minimum atomic E-state index is -4.56. The number of H-pyrrole nitrogens is 1. The van der Waals surface area contributed by atoms with Gasteiger partial charge in [-0.15, -0.1) is 10.2 Å². The van der Waals surface area contributed by atoms with Crippen LogP contribution in [0.2, 0.25) is 0 Å². The van der Waals surface area contributed by atoms with Crippen molar-refractivity contribution in [1.82, 2.24) is 29.9 Å². The Morgan fingerprint density at radius 1 is 1.33 bits per heavy atom. The molecule has 0 aromatic carbocycles. The molecule has 1 aliphatic heterocycles. The number of rotatable bonds is 1. The van der Waals surface area contributed by atoms with Crippen molar-refractivity contribution in [2.45, 2.75) is 19.3 Å². The summed E-state index contributed by atoms with van der Waals surface area (Å²) in [4.78, 5) is 13.5. The van der Waals surface area contributed by atoms with Crippen molar-refractivity contribution in [3.8, 4) is 0 Å². The Balaban J connectivity index is 1.82. The Labute approximate surface area is 115 Å². The number of nitrogens with zero attached hydrogens (tertiary/aromatic N) is 5. The van der Waals surface area contributed by atoms with Crippen LogP contribution in [0.25, 0.3) is 0 Å². The van der Waals surface area contributed by atoms with Crippen LogP contribution in [0.15, 0.2) is 6.07 Å². The summed E-state index contributed by atoms with van der Waals surface area (Å²) in [7, 11) is 0. The van der Waals surface area contributed by atoms with E-state index >= 15 is 0 Å². The Bertz CT molecular complexity index is 689. The van der Waals surface area contributed by atoms with Gasteiger partial charge in [-0.3, -0.25) is 9.89 Å². The smallest absolute Gasteiger partial charge is 0.382 e. The first-order valence-electron chi connectivity index (χ1n) is 5.95. The molecule has 3 heterocycles. The number of carbonyl (C=O) groups excluding carboxylic acids is 1. The minimum absolute atomic E-state index is 0.0213. The highest BCUT2D eigenvalue weighted by atomic mass is 19.4. The number of nitrogens with two attached hydrogens (primary N) is 1. The summed E-state index contributed by atoms with van der Waals surface area (Å²) in [6.07, 6.45) is -4.56. The van der Waals surface area contributed by atoms with Crippen molar-refractivity contribution in [2.75, 3.05) is 12.3 Å². The van der Waals surface area contributed by atoms with E-state index in [1.165, 1.54) is 11.0 Å². The van der Waals surface area contributed by atoms with Gasteiger partial charge in [0.25, 0.3) is 5.91 Å². The van der Waals surface area contributed by atoms with Crippen LogP contribution in [-0.4, -0.2) is 42.3 Å². The number of hydrogen-bond acceptors (Lipinski definition) is 5. The maximum absolute atomic E-state index is 12.7. The van der Waals surface area contributed by atoms with Gasteiger partial charge in [-0.05, 0) is 0 Å². The standard InChI is InChI=1S/C10H10F3N7O/c11-10(12,13)9-18-17-7-4-19(1-2-20(7)9)8(21)5-3-6(14)16-15-5/h3H,1-2,4H2,(H3,14,15,16). The van der Waals surface area contributed by atoms with Crippen molar-refractivity contribution in [2.24, 2.45) is 0 Å². The maximum atomic E-state index is 12.7. The molecule has 21 heavy (non-hydrogen) atoms. The predicted octanol–water partition coefficient (Wildman–Crippen LogP) is 0.258. The molecule has 8 nitrogen and oxygen atoms in total. The van der Waals surface area contributed by atoms with E-state index in [-0.39, 0.29) is 37.0 Å². The summed E-state index contributed by atoms with van der Waals surface area (Å²) < 4.78 is 39.1. The van der Waals surface area contributed by atoms with Gasteiger partial charge in [0.15, 0.2) is 5.82 Å². The Morgan fingerprint density at radius 3 is 2.71 bits per heavy atom. The summed E-state index contributed by atoms with van der Waals surface area (Å²) in [5.41, 5.74) is 5.59. The largest absolute Gasteiger partial charge is 0.451 e. The molecule has 0 unspecified atom stereocenters. The highest BCUT2D eigenvalue weighted by Crippen LogP contribution is 2.29. The molecule has 11 heteroatoms. The van der Waals surface area contributed by atoms with Crippen LogP contribution < -0.4 is 5.73 Å². The number of nitrogens with one attached hydrogen (secondary N) is 1. The van der Waals surface area contributed by atoms with E-state index in [1.54, 1.807) is 0 Å². The van der Waals surface area contributed by atoms with Crippen LogP contribution in [0.1, 0.15) is 22.1 Å². The van der Waals surface area contributed by atoms with Gasteiger partial charge in [0, 0.05) is 19.2 Å². The first kappa shape index (κ1) is 13.4. The average molecular weight is 301 g/mol. The fourth-order valence-corrected chi connectivity index (χ4v) is 2.16. The molecule has 112 valence electrons. The number of carbonyl (C=O) groups is 1. The first-order valence-corrected chi connectivity index (χ1v) is 5.95. The zero-order valence-corrected chi connectivity index (χ0v) is 10.6. The topological polar surface area (TPSA) is 106 Å². The molecule has 0 spiro atoms. The zero-order chi connectivity index (χ0) is 15.2. The monoisotopic (exact) mass is 301 g/mol. The van der Waals surface area contributed by atoms with Gasteiger partial charge in [-0.25, -0.2) is 0 Å². The van der Waals surface area contributed by atoms with Gasteiger partial charge in [-0.1, -0.05) is 0 Å². The lowest BCUT2D eigenvalue weighted by Gasteiger charge is -2.27. The second-order valence-electron chi connectivity index (χ2n) is 4.52. The third-order valence-corrected chi connectivity index (χ3v) is 3.12. The predicted molar refractivity (Wildman–Crippen MR) is 62.8 cm³/mol. The van der Waals surface area contributed by atoms with E-state index in [0.717, 1.165) is 4.57 Å². The van der Waals surface area contributed by atoms with Gasteiger partial charge in [0.2, 0.25) is 5.82 Å². The van der Waals surface area contributed by atoms with E-state index in [0.29, 0.717) is 0 Å². The summed E-state index contributed by atoms with van der Waals surface area (Å²) in [5, 5.41) is 12.8. The summed E-state index contributed by atoms with van der Waals surface area (Å²) >= 11 is 0.